The normalized spacial score (nSPS) is 19.9. The Bertz CT molecular complexity index is 448. The molecule has 17 heavy (non-hydrogen) atoms. The van der Waals surface area contributed by atoms with Crippen molar-refractivity contribution in [3.05, 3.63) is 28.7 Å². The van der Waals surface area contributed by atoms with Gasteiger partial charge in [0.05, 0.1) is 5.92 Å². The molecule has 1 aromatic carbocycles. The standard InChI is InChI=1S/C12H13BrN2O2/c13-9-2-1-3-10(6-9)14-7-8-4-5-11(16)15-12(8)17/h1-3,6,8,14H,4-5,7H2,(H,15,16,17). The zero-order chi connectivity index (χ0) is 12.3. The molecule has 0 aliphatic carbocycles. The Labute approximate surface area is 108 Å². The number of piperidine rings is 1. The highest BCUT2D eigenvalue weighted by atomic mass is 79.9. The number of carbonyl (C=O) groups is 2. The van der Waals surface area contributed by atoms with Crippen LogP contribution in [0.2, 0.25) is 0 Å². The summed E-state index contributed by atoms with van der Waals surface area (Å²) in [6.45, 7) is 0.551. The Morgan fingerprint density at radius 1 is 1.41 bits per heavy atom. The second-order valence-electron chi connectivity index (χ2n) is 4.04. The molecule has 1 atom stereocenters. The highest BCUT2D eigenvalue weighted by molar-refractivity contribution is 9.10. The lowest BCUT2D eigenvalue weighted by molar-refractivity contribution is -0.135. The van der Waals surface area contributed by atoms with Crippen LogP contribution in [0.3, 0.4) is 0 Å². The van der Waals surface area contributed by atoms with E-state index < -0.39 is 0 Å². The molecule has 1 heterocycles. The molecule has 0 aromatic heterocycles. The van der Waals surface area contributed by atoms with E-state index in [0.717, 1.165) is 10.2 Å². The number of anilines is 1. The van der Waals surface area contributed by atoms with Crippen LogP contribution in [0.1, 0.15) is 12.8 Å². The third kappa shape index (κ3) is 3.30. The second kappa shape index (κ2) is 5.31. The number of imide groups is 1. The van der Waals surface area contributed by atoms with Gasteiger partial charge in [0, 0.05) is 23.1 Å². The van der Waals surface area contributed by atoms with Gasteiger partial charge in [-0.2, -0.15) is 0 Å². The fourth-order valence-electron chi connectivity index (χ4n) is 1.77. The Kier molecular flexibility index (Phi) is 3.78. The summed E-state index contributed by atoms with van der Waals surface area (Å²) in [5.41, 5.74) is 0.962. The Morgan fingerprint density at radius 3 is 2.94 bits per heavy atom. The number of hydrogen-bond donors (Lipinski definition) is 2. The van der Waals surface area contributed by atoms with Gasteiger partial charge in [0.2, 0.25) is 11.8 Å². The van der Waals surface area contributed by atoms with Crippen LogP contribution in [0.5, 0.6) is 0 Å². The van der Waals surface area contributed by atoms with Crippen molar-refractivity contribution in [2.45, 2.75) is 12.8 Å². The van der Waals surface area contributed by atoms with E-state index in [-0.39, 0.29) is 17.7 Å². The van der Waals surface area contributed by atoms with Gasteiger partial charge in [-0.05, 0) is 24.6 Å². The SMILES string of the molecule is O=C1CCC(CNc2cccc(Br)c2)C(=O)N1. The van der Waals surface area contributed by atoms with Crippen molar-refractivity contribution in [2.75, 3.05) is 11.9 Å². The first-order valence-electron chi connectivity index (χ1n) is 5.48. The molecule has 2 amide bonds. The van der Waals surface area contributed by atoms with Crippen LogP contribution >= 0.6 is 15.9 Å². The van der Waals surface area contributed by atoms with Gasteiger partial charge in [-0.25, -0.2) is 0 Å². The van der Waals surface area contributed by atoms with Crippen molar-refractivity contribution < 1.29 is 9.59 Å². The molecule has 1 aliphatic heterocycles. The first kappa shape index (κ1) is 12.1. The minimum atomic E-state index is -0.177. The molecule has 90 valence electrons. The molecule has 1 fully saturated rings. The van der Waals surface area contributed by atoms with Crippen LogP contribution in [0.25, 0.3) is 0 Å². The summed E-state index contributed by atoms with van der Waals surface area (Å²) in [7, 11) is 0. The smallest absolute Gasteiger partial charge is 0.231 e. The Hall–Kier alpha value is -1.36. The van der Waals surface area contributed by atoms with E-state index in [4.69, 9.17) is 0 Å². The van der Waals surface area contributed by atoms with E-state index in [0.29, 0.717) is 19.4 Å². The fourth-order valence-corrected chi connectivity index (χ4v) is 2.17. The molecule has 1 unspecified atom stereocenters. The summed E-state index contributed by atoms with van der Waals surface area (Å²) in [5.74, 6) is -0.482. The predicted octanol–water partition coefficient (Wildman–Crippen LogP) is 1.91. The lowest BCUT2D eigenvalue weighted by atomic mass is 9.98. The number of hydrogen-bond acceptors (Lipinski definition) is 3. The lowest BCUT2D eigenvalue weighted by Gasteiger charge is -2.21. The zero-order valence-corrected chi connectivity index (χ0v) is 10.8. The van der Waals surface area contributed by atoms with Gasteiger partial charge in [-0.1, -0.05) is 22.0 Å². The molecule has 1 aromatic rings. The van der Waals surface area contributed by atoms with Gasteiger partial charge in [0.15, 0.2) is 0 Å². The quantitative estimate of drug-likeness (QED) is 0.838. The summed E-state index contributed by atoms with van der Waals surface area (Å²) in [6, 6.07) is 7.76. The van der Waals surface area contributed by atoms with Crippen LogP contribution in [0, 0.1) is 5.92 Å². The summed E-state index contributed by atoms with van der Waals surface area (Å²) in [5, 5.41) is 5.55. The second-order valence-corrected chi connectivity index (χ2v) is 4.95. The van der Waals surface area contributed by atoms with E-state index in [1.165, 1.54) is 0 Å². The topological polar surface area (TPSA) is 58.2 Å². The van der Waals surface area contributed by atoms with Crippen molar-refractivity contribution in [2.24, 2.45) is 5.92 Å². The molecular weight excluding hydrogens is 284 g/mol. The van der Waals surface area contributed by atoms with Gasteiger partial charge in [0.25, 0.3) is 0 Å². The minimum Gasteiger partial charge on any atom is -0.384 e. The number of amides is 2. The van der Waals surface area contributed by atoms with E-state index in [9.17, 15) is 9.59 Å². The molecule has 5 heteroatoms. The lowest BCUT2D eigenvalue weighted by Crippen LogP contribution is -2.43. The third-order valence-corrected chi connectivity index (χ3v) is 3.22. The number of rotatable bonds is 3. The molecule has 1 saturated heterocycles. The first-order valence-corrected chi connectivity index (χ1v) is 6.27. The largest absolute Gasteiger partial charge is 0.384 e. The van der Waals surface area contributed by atoms with Gasteiger partial charge in [-0.15, -0.1) is 0 Å². The highest BCUT2D eigenvalue weighted by Gasteiger charge is 2.25. The van der Waals surface area contributed by atoms with Crippen LogP contribution in [0.4, 0.5) is 5.69 Å². The van der Waals surface area contributed by atoms with Crippen LogP contribution in [-0.4, -0.2) is 18.4 Å². The van der Waals surface area contributed by atoms with Crippen molar-refractivity contribution in [1.82, 2.24) is 5.32 Å². The number of carbonyl (C=O) groups excluding carboxylic acids is 2. The molecule has 2 N–H and O–H groups in total. The monoisotopic (exact) mass is 296 g/mol. The maximum Gasteiger partial charge on any atom is 0.231 e. The average Bonchev–Trinajstić information content (AvgIpc) is 2.28. The molecule has 1 aliphatic rings. The number of nitrogens with one attached hydrogen (secondary N) is 2. The first-order chi connectivity index (χ1) is 8.15. The summed E-state index contributed by atoms with van der Waals surface area (Å²) in [4.78, 5) is 22.5. The molecule has 0 radical (unpaired) electrons. The minimum absolute atomic E-state index is 0.133. The predicted molar refractivity (Wildman–Crippen MR) is 68.5 cm³/mol. The van der Waals surface area contributed by atoms with Crippen molar-refractivity contribution >= 4 is 33.4 Å². The van der Waals surface area contributed by atoms with Gasteiger partial charge in [-0.3, -0.25) is 14.9 Å². The van der Waals surface area contributed by atoms with E-state index in [2.05, 4.69) is 26.6 Å². The molecule has 2 rings (SSSR count). The molecule has 4 nitrogen and oxygen atoms in total. The maximum absolute atomic E-state index is 11.5. The average molecular weight is 297 g/mol. The third-order valence-electron chi connectivity index (χ3n) is 2.73. The van der Waals surface area contributed by atoms with E-state index in [1.807, 2.05) is 24.3 Å². The molecule has 0 saturated carbocycles. The number of benzene rings is 1. The number of halogens is 1. The van der Waals surface area contributed by atoms with Crippen LogP contribution in [0.15, 0.2) is 28.7 Å². The zero-order valence-electron chi connectivity index (χ0n) is 9.20. The van der Waals surface area contributed by atoms with Crippen molar-refractivity contribution in [3.63, 3.8) is 0 Å². The van der Waals surface area contributed by atoms with Gasteiger partial charge >= 0.3 is 0 Å². The molecular formula is C12H13BrN2O2. The highest BCUT2D eigenvalue weighted by Crippen LogP contribution is 2.18. The van der Waals surface area contributed by atoms with Gasteiger partial charge < -0.3 is 5.32 Å². The van der Waals surface area contributed by atoms with E-state index >= 15 is 0 Å². The molecule has 0 bridgehead atoms. The summed E-state index contributed by atoms with van der Waals surface area (Å²) >= 11 is 3.38. The van der Waals surface area contributed by atoms with Crippen molar-refractivity contribution in [1.29, 1.82) is 0 Å². The van der Waals surface area contributed by atoms with Crippen LogP contribution < -0.4 is 10.6 Å². The summed E-state index contributed by atoms with van der Waals surface area (Å²) < 4.78 is 0.991. The Balaban J connectivity index is 1.90. The Morgan fingerprint density at radius 2 is 2.24 bits per heavy atom. The van der Waals surface area contributed by atoms with Crippen LogP contribution in [-0.2, 0) is 9.59 Å². The maximum atomic E-state index is 11.5. The van der Waals surface area contributed by atoms with Gasteiger partial charge in [0.1, 0.15) is 0 Å². The molecule has 0 spiro atoms. The van der Waals surface area contributed by atoms with Crippen molar-refractivity contribution in [3.8, 4) is 0 Å². The summed E-state index contributed by atoms with van der Waals surface area (Å²) in [6.07, 6.45) is 1.04. The van der Waals surface area contributed by atoms with E-state index in [1.54, 1.807) is 0 Å². The fraction of sp³-hybridized carbons (Fsp3) is 0.333.